The van der Waals surface area contributed by atoms with Crippen LogP contribution in [0.15, 0.2) is 47.4 Å². The zero-order valence-electron chi connectivity index (χ0n) is 13.1. The van der Waals surface area contributed by atoms with E-state index in [9.17, 15) is 13.2 Å². The molecule has 0 heterocycles. The summed E-state index contributed by atoms with van der Waals surface area (Å²) >= 11 is 12.0. The van der Waals surface area contributed by atoms with E-state index in [0.29, 0.717) is 0 Å². The number of amides is 1. The number of nitrogens with zero attached hydrogens (tertiary/aromatic N) is 1. The Labute approximate surface area is 151 Å². The monoisotopic (exact) mass is 386 g/mol. The molecule has 0 aliphatic rings. The van der Waals surface area contributed by atoms with Crippen molar-refractivity contribution in [3.05, 3.63) is 58.1 Å². The normalized spacial score (nSPS) is 11.5. The molecule has 0 unspecified atom stereocenters. The summed E-state index contributed by atoms with van der Waals surface area (Å²) in [6.45, 7) is 1.50. The van der Waals surface area contributed by atoms with Crippen molar-refractivity contribution in [2.24, 2.45) is 0 Å². The maximum absolute atomic E-state index is 12.5. The van der Waals surface area contributed by atoms with E-state index in [2.05, 4.69) is 5.32 Å². The Kier molecular flexibility index (Phi) is 5.87. The van der Waals surface area contributed by atoms with Crippen LogP contribution in [-0.2, 0) is 14.8 Å². The predicted octanol–water partition coefficient (Wildman–Crippen LogP) is 3.56. The molecule has 0 aliphatic carbocycles. The Bertz CT molecular complexity index is 832. The maximum atomic E-state index is 12.5. The number of para-hydroxylation sites is 1. The van der Waals surface area contributed by atoms with E-state index in [0.717, 1.165) is 9.87 Å². The first-order valence-corrected chi connectivity index (χ1v) is 9.18. The molecule has 0 aliphatic heterocycles. The van der Waals surface area contributed by atoms with Gasteiger partial charge in [-0.25, -0.2) is 8.42 Å². The summed E-state index contributed by atoms with van der Waals surface area (Å²) in [6.07, 6.45) is 0. The lowest BCUT2D eigenvalue weighted by atomic mass is 10.2. The number of benzene rings is 2. The van der Waals surface area contributed by atoms with E-state index in [4.69, 9.17) is 23.2 Å². The van der Waals surface area contributed by atoms with Crippen molar-refractivity contribution >= 4 is 44.8 Å². The van der Waals surface area contributed by atoms with Crippen molar-refractivity contribution in [1.29, 1.82) is 0 Å². The van der Waals surface area contributed by atoms with Gasteiger partial charge in [-0.15, -0.1) is 0 Å². The molecule has 0 fully saturated rings. The average molecular weight is 387 g/mol. The van der Waals surface area contributed by atoms with Crippen LogP contribution in [0.2, 0.25) is 10.0 Å². The topological polar surface area (TPSA) is 66.5 Å². The Morgan fingerprint density at radius 1 is 1.08 bits per heavy atom. The van der Waals surface area contributed by atoms with Crippen LogP contribution >= 0.6 is 23.2 Å². The predicted molar refractivity (Wildman–Crippen MR) is 96.1 cm³/mol. The van der Waals surface area contributed by atoms with Crippen LogP contribution in [0.25, 0.3) is 0 Å². The van der Waals surface area contributed by atoms with Gasteiger partial charge in [-0.05, 0) is 31.2 Å². The van der Waals surface area contributed by atoms with Gasteiger partial charge in [0.05, 0.1) is 27.2 Å². The number of rotatable bonds is 5. The third-order valence-corrected chi connectivity index (χ3v) is 5.77. The smallest absolute Gasteiger partial charge is 0.243 e. The quantitative estimate of drug-likeness (QED) is 0.853. The highest BCUT2D eigenvalue weighted by Gasteiger charge is 2.23. The van der Waals surface area contributed by atoms with Crippen LogP contribution in [0.3, 0.4) is 0 Å². The second-order valence-corrected chi connectivity index (χ2v) is 8.08. The molecular weight excluding hydrogens is 371 g/mol. The Hall–Kier alpha value is -1.60. The molecule has 0 aromatic heterocycles. The molecule has 0 radical (unpaired) electrons. The van der Waals surface area contributed by atoms with Gasteiger partial charge in [0.1, 0.15) is 0 Å². The van der Waals surface area contributed by atoms with Gasteiger partial charge in [0.2, 0.25) is 15.9 Å². The summed E-state index contributed by atoms with van der Waals surface area (Å²) in [4.78, 5) is 12.2. The molecule has 1 amide bonds. The van der Waals surface area contributed by atoms with Crippen molar-refractivity contribution in [2.45, 2.75) is 11.8 Å². The maximum Gasteiger partial charge on any atom is 0.243 e. The SMILES string of the molecule is Cc1ccc(S(=O)(=O)N(C)CC(=O)Nc2c(Cl)cccc2Cl)cc1. The van der Waals surface area contributed by atoms with E-state index in [1.807, 2.05) is 6.92 Å². The van der Waals surface area contributed by atoms with Crippen molar-refractivity contribution in [2.75, 3.05) is 18.9 Å². The first-order valence-electron chi connectivity index (χ1n) is 6.98. The minimum atomic E-state index is -3.76. The lowest BCUT2D eigenvalue weighted by molar-refractivity contribution is -0.116. The summed E-state index contributed by atoms with van der Waals surface area (Å²) in [5.41, 5.74) is 1.20. The average Bonchev–Trinajstić information content (AvgIpc) is 2.51. The van der Waals surface area contributed by atoms with Gasteiger partial charge in [0, 0.05) is 7.05 Å². The third kappa shape index (κ3) is 4.27. The fraction of sp³-hybridized carbons (Fsp3) is 0.188. The molecule has 0 spiro atoms. The van der Waals surface area contributed by atoms with Gasteiger partial charge in [-0.1, -0.05) is 47.0 Å². The van der Waals surface area contributed by atoms with Crippen LogP contribution in [-0.4, -0.2) is 32.2 Å². The number of sulfonamides is 1. The summed E-state index contributed by atoms with van der Waals surface area (Å²) < 4.78 is 25.9. The molecule has 1 N–H and O–H groups in total. The van der Waals surface area contributed by atoms with E-state index in [-0.39, 0.29) is 27.2 Å². The van der Waals surface area contributed by atoms with E-state index in [1.165, 1.54) is 19.2 Å². The summed E-state index contributed by atoms with van der Waals surface area (Å²) in [5, 5.41) is 3.09. The van der Waals surface area contributed by atoms with E-state index < -0.39 is 15.9 Å². The largest absolute Gasteiger partial charge is 0.322 e. The number of aryl methyl sites for hydroxylation is 1. The van der Waals surface area contributed by atoms with Gasteiger partial charge < -0.3 is 5.32 Å². The fourth-order valence-electron chi connectivity index (χ4n) is 1.97. The first kappa shape index (κ1) is 18.7. The van der Waals surface area contributed by atoms with E-state index in [1.54, 1.807) is 30.3 Å². The molecule has 2 aromatic rings. The number of carbonyl (C=O) groups is 1. The van der Waals surface area contributed by atoms with Gasteiger partial charge in [-0.2, -0.15) is 4.31 Å². The zero-order valence-corrected chi connectivity index (χ0v) is 15.4. The summed E-state index contributed by atoms with van der Waals surface area (Å²) in [5.74, 6) is -0.539. The van der Waals surface area contributed by atoms with Crippen LogP contribution in [0.4, 0.5) is 5.69 Å². The van der Waals surface area contributed by atoms with Crippen molar-refractivity contribution in [1.82, 2.24) is 4.31 Å². The van der Waals surface area contributed by atoms with Gasteiger partial charge in [0.25, 0.3) is 0 Å². The van der Waals surface area contributed by atoms with Crippen molar-refractivity contribution in [3.8, 4) is 0 Å². The van der Waals surface area contributed by atoms with E-state index >= 15 is 0 Å². The molecule has 2 aromatic carbocycles. The lowest BCUT2D eigenvalue weighted by Gasteiger charge is -2.17. The van der Waals surface area contributed by atoms with Crippen molar-refractivity contribution in [3.63, 3.8) is 0 Å². The highest BCUT2D eigenvalue weighted by Crippen LogP contribution is 2.29. The highest BCUT2D eigenvalue weighted by molar-refractivity contribution is 7.89. The highest BCUT2D eigenvalue weighted by atomic mass is 35.5. The van der Waals surface area contributed by atoms with Crippen LogP contribution in [0.5, 0.6) is 0 Å². The molecule has 0 bridgehead atoms. The molecule has 0 atom stereocenters. The second-order valence-electron chi connectivity index (χ2n) is 5.22. The van der Waals surface area contributed by atoms with Crippen LogP contribution < -0.4 is 5.32 Å². The molecular formula is C16H16Cl2N2O3S. The molecule has 128 valence electrons. The number of carbonyl (C=O) groups excluding carboxylic acids is 1. The molecule has 8 heteroatoms. The number of nitrogens with one attached hydrogen (secondary N) is 1. The first-order chi connectivity index (χ1) is 11.2. The Balaban J connectivity index is 2.12. The number of anilines is 1. The minimum absolute atomic E-state index is 0.124. The molecule has 2 rings (SSSR count). The zero-order chi connectivity index (χ0) is 17.9. The second kappa shape index (κ2) is 7.53. The molecule has 5 nitrogen and oxygen atoms in total. The molecule has 0 saturated heterocycles. The minimum Gasteiger partial charge on any atom is -0.322 e. The molecule has 24 heavy (non-hydrogen) atoms. The standard InChI is InChI=1S/C16H16Cl2N2O3S/c1-11-6-8-12(9-7-11)24(22,23)20(2)10-15(21)19-16-13(17)4-3-5-14(16)18/h3-9H,10H2,1-2H3,(H,19,21). The van der Waals surface area contributed by atoms with Crippen LogP contribution in [0.1, 0.15) is 5.56 Å². The number of hydrogen-bond donors (Lipinski definition) is 1. The summed E-state index contributed by atoms with van der Waals surface area (Å²) in [7, 11) is -2.42. The van der Waals surface area contributed by atoms with Gasteiger partial charge in [0.15, 0.2) is 0 Å². The Morgan fingerprint density at radius 2 is 1.62 bits per heavy atom. The van der Waals surface area contributed by atoms with Crippen LogP contribution in [0, 0.1) is 6.92 Å². The van der Waals surface area contributed by atoms with Crippen molar-refractivity contribution < 1.29 is 13.2 Å². The van der Waals surface area contributed by atoms with Gasteiger partial charge >= 0.3 is 0 Å². The molecule has 0 saturated carbocycles. The number of likely N-dealkylation sites (N-methyl/N-ethyl adjacent to an activating group) is 1. The third-order valence-electron chi connectivity index (χ3n) is 3.32. The lowest BCUT2D eigenvalue weighted by Crippen LogP contribution is -2.35. The summed E-state index contributed by atoms with van der Waals surface area (Å²) in [6, 6.07) is 11.2. The number of halogens is 2. The van der Waals surface area contributed by atoms with Gasteiger partial charge in [-0.3, -0.25) is 4.79 Å². The number of hydrogen-bond acceptors (Lipinski definition) is 3. The fourth-order valence-corrected chi connectivity index (χ4v) is 3.59. The Morgan fingerprint density at radius 3 is 2.17 bits per heavy atom.